The highest BCUT2D eigenvalue weighted by atomic mass is 19.1. The van der Waals surface area contributed by atoms with E-state index in [1.165, 1.54) is 6.07 Å². The number of piperidine rings is 2. The van der Waals surface area contributed by atoms with E-state index < -0.39 is 29.2 Å². The fourth-order valence-corrected chi connectivity index (χ4v) is 9.41. The van der Waals surface area contributed by atoms with Crippen LogP contribution in [-0.2, 0) is 26.3 Å². The van der Waals surface area contributed by atoms with Crippen molar-refractivity contribution in [3.63, 3.8) is 0 Å². The van der Waals surface area contributed by atoms with Crippen LogP contribution in [0.25, 0.3) is 0 Å². The molecule has 1 aromatic heterocycles. The highest BCUT2D eigenvalue weighted by Gasteiger charge is 2.56. The molecule has 4 amide bonds. The Hall–Kier alpha value is -3.80. The van der Waals surface area contributed by atoms with E-state index in [1.54, 1.807) is 36.0 Å². The molecule has 3 unspecified atom stereocenters. The molecule has 0 radical (unpaired) electrons. The summed E-state index contributed by atoms with van der Waals surface area (Å²) in [7, 11) is 2.09. The van der Waals surface area contributed by atoms with E-state index in [-0.39, 0.29) is 41.8 Å². The van der Waals surface area contributed by atoms with Crippen LogP contribution < -0.4 is 16.0 Å². The Labute approximate surface area is 287 Å². The number of nitrogens with zero attached hydrogens (tertiary/aromatic N) is 4. The Morgan fingerprint density at radius 1 is 0.959 bits per heavy atom. The van der Waals surface area contributed by atoms with Crippen LogP contribution in [0.4, 0.5) is 10.1 Å². The third kappa shape index (κ3) is 6.48. The topological polar surface area (TPSA) is 129 Å². The van der Waals surface area contributed by atoms with Crippen LogP contribution in [0.2, 0.25) is 0 Å². The molecule has 3 saturated heterocycles. The molecule has 1 aromatic carbocycles. The van der Waals surface area contributed by atoms with Crippen molar-refractivity contribution in [2.75, 3.05) is 25.5 Å². The number of hydrogen-bond donors (Lipinski definition) is 3. The van der Waals surface area contributed by atoms with Crippen LogP contribution in [0.3, 0.4) is 0 Å². The highest BCUT2D eigenvalue weighted by molar-refractivity contribution is 6.01. The summed E-state index contributed by atoms with van der Waals surface area (Å²) in [6.45, 7) is 5.63. The summed E-state index contributed by atoms with van der Waals surface area (Å²) < 4.78 is 17.6. The molecule has 11 nitrogen and oxygen atoms in total. The molecule has 3 aliphatic carbocycles. The lowest BCUT2D eigenvalue weighted by Crippen LogP contribution is -2.66. The van der Waals surface area contributed by atoms with E-state index in [9.17, 15) is 19.2 Å². The summed E-state index contributed by atoms with van der Waals surface area (Å²) in [5.74, 6) is -0.708. The van der Waals surface area contributed by atoms with Gasteiger partial charge in [-0.05, 0) is 100 Å². The molecular weight excluding hydrogens is 625 g/mol. The minimum atomic E-state index is -0.824. The SMILES string of the molecule is CCC(=O)N[C@@H](C(=O)N1CC2CCC1CN2C)C1(c2ccc(NC(=O)[C@@H](NC(=O)c3ccnn3CC)C3C[C@H]4CC[C@@H](C3)C4)c(F)c2)CC1. The van der Waals surface area contributed by atoms with Gasteiger partial charge >= 0.3 is 0 Å². The lowest BCUT2D eigenvalue weighted by molar-refractivity contribution is -0.146. The van der Waals surface area contributed by atoms with Gasteiger partial charge in [-0.3, -0.25) is 28.8 Å². The maximum atomic E-state index is 16.0. The average Bonchev–Trinajstić information content (AvgIpc) is 3.63. The van der Waals surface area contributed by atoms with Gasteiger partial charge in [-0.1, -0.05) is 25.8 Å². The predicted octanol–water partition coefficient (Wildman–Crippen LogP) is 3.84. The quantitative estimate of drug-likeness (QED) is 0.332. The Balaban J connectivity index is 1.11. The molecule has 3 aliphatic heterocycles. The standard InChI is InChI=1S/C37H50FN7O4/c1-4-31(46)41-33(36(49)44-21-26-9-10-27(44)20-43(26)3)37(13-14-37)25-8-11-29(28(38)19-25)40-35(48)32(24-17-22-6-7-23(16-22)18-24)42-34(47)30-12-15-39-45(30)5-2/h8,11-12,15,19,22-24,26-27,32-33H,4-7,9-10,13-14,16-18,20-21H2,1-3H3,(H,40,48)(H,41,46)(H,42,47)/t22-,23+,24?,26?,27?,32-,33-/m0/s1. The first-order valence-electron chi connectivity index (χ1n) is 18.3. The summed E-state index contributed by atoms with van der Waals surface area (Å²) in [6.07, 6.45) is 10.2. The summed E-state index contributed by atoms with van der Waals surface area (Å²) in [5.41, 5.74) is 0.332. The van der Waals surface area contributed by atoms with E-state index in [4.69, 9.17) is 0 Å². The second-order valence-electron chi connectivity index (χ2n) is 15.3. The Morgan fingerprint density at radius 2 is 1.69 bits per heavy atom. The van der Waals surface area contributed by atoms with Crippen molar-refractivity contribution in [2.45, 2.75) is 114 Å². The minimum absolute atomic E-state index is 0.0260. The molecule has 8 rings (SSSR count). The van der Waals surface area contributed by atoms with Gasteiger partial charge in [0.2, 0.25) is 17.7 Å². The number of anilines is 1. The van der Waals surface area contributed by atoms with Gasteiger partial charge in [0, 0.05) is 49.8 Å². The summed E-state index contributed by atoms with van der Waals surface area (Å²) in [5, 5.41) is 13.0. The summed E-state index contributed by atoms with van der Waals surface area (Å²) in [4.78, 5) is 58.5. The van der Waals surface area contributed by atoms with Crippen LogP contribution in [0, 0.1) is 23.6 Å². The number of fused-ring (bicyclic) bond motifs is 5. The van der Waals surface area contributed by atoms with E-state index in [0.29, 0.717) is 55.1 Å². The van der Waals surface area contributed by atoms with E-state index in [0.717, 1.165) is 51.5 Å². The fraction of sp³-hybridized carbons (Fsp3) is 0.649. The first kappa shape index (κ1) is 33.7. The van der Waals surface area contributed by atoms with Crippen molar-refractivity contribution >= 4 is 29.3 Å². The largest absolute Gasteiger partial charge is 0.343 e. The van der Waals surface area contributed by atoms with Gasteiger partial charge in [-0.2, -0.15) is 5.10 Å². The molecule has 7 atom stereocenters. The number of rotatable bonds is 11. The molecule has 3 saturated carbocycles. The first-order chi connectivity index (χ1) is 23.6. The number of aromatic nitrogens is 2. The lowest BCUT2D eigenvalue weighted by atomic mass is 9.77. The van der Waals surface area contributed by atoms with Gasteiger partial charge in [-0.25, -0.2) is 4.39 Å². The number of nitrogens with one attached hydrogen (secondary N) is 3. The van der Waals surface area contributed by atoms with Gasteiger partial charge in [0.05, 0.1) is 5.69 Å². The van der Waals surface area contributed by atoms with Crippen molar-refractivity contribution in [3.8, 4) is 0 Å². The number of benzene rings is 1. The number of hydrogen-bond acceptors (Lipinski definition) is 6. The summed E-state index contributed by atoms with van der Waals surface area (Å²) >= 11 is 0. The molecule has 0 spiro atoms. The molecule has 49 heavy (non-hydrogen) atoms. The van der Waals surface area contributed by atoms with Gasteiger partial charge in [-0.15, -0.1) is 0 Å². The van der Waals surface area contributed by atoms with Crippen LogP contribution in [-0.4, -0.2) is 87.5 Å². The molecule has 6 aliphatic rings. The van der Waals surface area contributed by atoms with Gasteiger partial charge in [0.15, 0.2) is 0 Å². The van der Waals surface area contributed by atoms with Crippen molar-refractivity contribution in [1.82, 2.24) is 30.2 Å². The number of carbonyl (C=O) groups is 4. The van der Waals surface area contributed by atoms with E-state index in [1.807, 2.05) is 11.8 Å². The Bertz CT molecular complexity index is 1590. The molecule has 264 valence electrons. The number of piperazine rings is 1. The van der Waals surface area contributed by atoms with Crippen molar-refractivity contribution in [1.29, 1.82) is 0 Å². The second kappa shape index (κ2) is 13.5. The van der Waals surface area contributed by atoms with Crippen LogP contribution >= 0.6 is 0 Å². The molecular formula is C37H50FN7O4. The van der Waals surface area contributed by atoms with Crippen molar-refractivity contribution < 1.29 is 23.6 Å². The number of amides is 4. The van der Waals surface area contributed by atoms with Gasteiger partial charge < -0.3 is 20.9 Å². The zero-order valence-electron chi connectivity index (χ0n) is 28.9. The predicted molar refractivity (Wildman–Crippen MR) is 182 cm³/mol. The van der Waals surface area contributed by atoms with Gasteiger partial charge in [0.1, 0.15) is 23.6 Å². The Kier molecular flexibility index (Phi) is 9.27. The second-order valence-corrected chi connectivity index (χ2v) is 15.3. The van der Waals surface area contributed by atoms with Crippen LogP contribution in [0.5, 0.6) is 0 Å². The zero-order valence-corrected chi connectivity index (χ0v) is 28.9. The molecule has 4 heterocycles. The van der Waals surface area contributed by atoms with E-state index >= 15 is 4.39 Å². The minimum Gasteiger partial charge on any atom is -0.343 e. The molecule has 4 bridgehead atoms. The zero-order chi connectivity index (χ0) is 34.4. The fourth-order valence-electron chi connectivity index (χ4n) is 9.41. The maximum Gasteiger partial charge on any atom is 0.270 e. The lowest BCUT2D eigenvalue weighted by Gasteiger charge is -2.51. The molecule has 2 aromatic rings. The third-order valence-electron chi connectivity index (χ3n) is 12.3. The normalized spacial score (nSPS) is 28.1. The molecule has 12 heteroatoms. The van der Waals surface area contributed by atoms with Crippen LogP contribution in [0.1, 0.15) is 94.1 Å². The van der Waals surface area contributed by atoms with Crippen molar-refractivity contribution in [2.24, 2.45) is 17.8 Å². The number of likely N-dealkylation sites (N-methyl/N-ethyl adjacent to an activating group) is 1. The molecule has 3 N–H and O–H groups in total. The number of halogens is 1. The summed E-state index contributed by atoms with van der Waals surface area (Å²) in [6, 6.07) is 5.16. The third-order valence-corrected chi connectivity index (χ3v) is 12.3. The van der Waals surface area contributed by atoms with E-state index in [2.05, 4.69) is 33.0 Å². The first-order valence-corrected chi connectivity index (χ1v) is 18.3. The maximum absolute atomic E-state index is 16.0. The van der Waals surface area contributed by atoms with Crippen LogP contribution in [0.15, 0.2) is 30.5 Å². The van der Waals surface area contributed by atoms with Gasteiger partial charge in [0.25, 0.3) is 5.91 Å². The van der Waals surface area contributed by atoms with Crippen molar-refractivity contribution in [3.05, 3.63) is 47.5 Å². The number of aryl methyl sites for hydroxylation is 1. The average molecular weight is 676 g/mol. The Morgan fingerprint density at radius 3 is 2.31 bits per heavy atom. The molecule has 6 fully saturated rings. The smallest absolute Gasteiger partial charge is 0.270 e. The number of carbonyl (C=O) groups excluding carboxylic acids is 4. The monoisotopic (exact) mass is 675 g/mol. The highest BCUT2D eigenvalue weighted by Crippen LogP contribution is 2.52.